The van der Waals surface area contributed by atoms with Crippen molar-refractivity contribution in [2.45, 2.75) is 32.0 Å². The summed E-state index contributed by atoms with van der Waals surface area (Å²) in [5, 5.41) is 14.7. The number of amides is 2. The highest BCUT2D eigenvalue weighted by molar-refractivity contribution is 7.99. The summed E-state index contributed by atoms with van der Waals surface area (Å²) in [6.07, 6.45) is 0. The lowest BCUT2D eigenvalue weighted by Crippen LogP contribution is -2.34. The number of thioether (sulfide) groups is 1. The number of anilines is 1. The van der Waals surface area contributed by atoms with Gasteiger partial charge in [-0.1, -0.05) is 55.9 Å². The zero-order valence-electron chi connectivity index (χ0n) is 18.4. The molecule has 2 N–H and O–H groups in total. The second-order valence-electron chi connectivity index (χ2n) is 7.73. The number of hydrogen-bond donors (Lipinski definition) is 2. The Bertz CT molecular complexity index is 1120. The van der Waals surface area contributed by atoms with Crippen molar-refractivity contribution in [3.8, 4) is 0 Å². The number of carbonyl (C=O) groups is 2. The molecule has 2 amide bonds. The Hall–Kier alpha value is -3.20. The Kier molecular flexibility index (Phi) is 7.63. The molecule has 2 aromatic carbocycles. The minimum atomic E-state index is -0.582. The number of carbonyl (C=O) groups excluding carboxylic acids is 2. The van der Waals surface area contributed by atoms with Crippen LogP contribution in [0.5, 0.6) is 0 Å². The monoisotopic (exact) mass is 455 g/mol. The van der Waals surface area contributed by atoms with Crippen LogP contribution in [0.2, 0.25) is 0 Å². The first-order chi connectivity index (χ1) is 15.3. The molecule has 3 aromatic rings. The van der Waals surface area contributed by atoms with Crippen molar-refractivity contribution in [1.29, 1.82) is 0 Å². The van der Waals surface area contributed by atoms with E-state index in [1.54, 1.807) is 17.7 Å². The summed E-state index contributed by atoms with van der Waals surface area (Å²) in [4.78, 5) is 25.0. The molecular weight excluding hydrogens is 429 g/mol. The van der Waals surface area contributed by atoms with E-state index in [-0.39, 0.29) is 23.1 Å². The zero-order chi connectivity index (χ0) is 23.3. The molecule has 0 radical (unpaired) electrons. The van der Waals surface area contributed by atoms with Gasteiger partial charge in [-0.2, -0.15) is 0 Å². The van der Waals surface area contributed by atoms with Crippen LogP contribution in [0.1, 0.15) is 41.6 Å². The molecular formula is C23H26FN5O2S. The largest absolute Gasteiger partial charge is 0.342 e. The number of rotatable bonds is 8. The average Bonchev–Trinajstić information content (AvgIpc) is 3.12. The Morgan fingerprint density at radius 3 is 2.47 bits per heavy atom. The van der Waals surface area contributed by atoms with Gasteiger partial charge in [0.1, 0.15) is 5.82 Å². The maximum absolute atomic E-state index is 14.0. The maximum atomic E-state index is 14.0. The fourth-order valence-corrected chi connectivity index (χ4v) is 3.86. The molecule has 32 heavy (non-hydrogen) atoms. The zero-order valence-corrected chi connectivity index (χ0v) is 19.2. The van der Waals surface area contributed by atoms with Crippen molar-refractivity contribution in [2.75, 3.05) is 11.1 Å². The molecule has 0 spiro atoms. The molecule has 1 unspecified atom stereocenters. The third-order valence-electron chi connectivity index (χ3n) is 4.97. The van der Waals surface area contributed by atoms with Gasteiger partial charge in [-0.15, -0.1) is 10.2 Å². The number of aryl methyl sites for hydroxylation is 1. The quantitative estimate of drug-likeness (QED) is 0.499. The standard InChI is InChI=1S/C23H26FN5O2S/c1-14(2)20(26-22(31)16-10-6-7-11-17(16)24)21-27-28-23(29(21)4)32-13-19(30)25-18-12-8-5-9-15(18)3/h5-12,14,20H,13H2,1-4H3,(H,25,30)(H,26,31). The Morgan fingerprint density at radius 1 is 1.09 bits per heavy atom. The topological polar surface area (TPSA) is 88.9 Å². The molecule has 0 saturated heterocycles. The molecule has 0 aliphatic rings. The number of hydrogen-bond acceptors (Lipinski definition) is 5. The lowest BCUT2D eigenvalue weighted by atomic mass is 10.0. The third-order valence-corrected chi connectivity index (χ3v) is 5.99. The van der Waals surface area contributed by atoms with Crippen molar-refractivity contribution >= 4 is 29.3 Å². The molecule has 0 aliphatic heterocycles. The van der Waals surface area contributed by atoms with Gasteiger partial charge in [0.05, 0.1) is 17.4 Å². The van der Waals surface area contributed by atoms with Gasteiger partial charge in [0, 0.05) is 12.7 Å². The lowest BCUT2D eigenvalue weighted by molar-refractivity contribution is -0.113. The molecule has 0 aliphatic carbocycles. The number of para-hydroxylation sites is 1. The lowest BCUT2D eigenvalue weighted by Gasteiger charge is -2.21. The molecule has 0 saturated carbocycles. The predicted octanol–water partition coefficient (Wildman–Crippen LogP) is 4.12. The number of nitrogens with zero attached hydrogens (tertiary/aromatic N) is 3. The minimum absolute atomic E-state index is 0.0178. The third kappa shape index (κ3) is 5.53. The van der Waals surface area contributed by atoms with Crippen molar-refractivity contribution in [2.24, 2.45) is 13.0 Å². The van der Waals surface area contributed by atoms with Gasteiger partial charge in [0.25, 0.3) is 5.91 Å². The van der Waals surface area contributed by atoms with Gasteiger partial charge in [-0.25, -0.2) is 4.39 Å². The van der Waals surface area contributed by atoms with E-state index in [1.165, 1.54) is 30.0 Å². The van der Waals surface area contributed by atoms with E-state index in [0.717, 1.165) is 11.3 Å². The van der Waals surface area contributed by atoms with Gasteiger partial charge in [-0.05, 0) is 36.6 Å². The van der Waals surface area contributed by atoms with Crippen molar-refractivity contribution < 1.29 is 14.0 Å². The van der Waals surface area contributed by atoms with Crippen LogP contribution in [0.4, 0.5) is 10.1 Å². The Labute approximate surface area is 190 Å². The predicted molar refractivity (Wildman–Crippen MR) is 123 cm³/mol. The molecule has 1 aromatic heterocycles. The fraction of sp³-hybridized carbons (Fsp3) is 0.304. The SMILES string of the molecule is Cc1ccccc1NC(=O)CSc1nnc(C(NC(=O)c2ccccc2F)C(C)C)n1C. The first-order valence-electron chi connectivity index (χ1n) is 10.2. The van der Waals surface area contributed by atoms with Crippen LogP contribution in [0.25, 0.3) is 0 Å². The van der Waals surface area contributed by atoms with E-state index in [9.17, 15) is 14.0 Å². The van der Waals surface area contributed by atoms with Crippen LogP contribution in [-0.4, -0.2) is 32.3 Å². The summed E-state index contributed by atoms with van der Waals surface area (Å²) in [6.45, 7) is 5.80. The summed E-state index contributed by atoms with van der Waals surface area (Å²) < 4.78 is 15.7. The van der Waals surface area contributed by atoms with Crippen LogP contribution in [-0.2, 0) is 11.8 Å². The minimum Gasteiger partial charge on any atom is -0.342 e. The summed E-state index contributed by atoms with van der Waals surface area (Å²) in [5.74, 6) is -0.573. The summed E-state index contributed by atoms with van der Waals surface area (Å²) in [6, 6.07) is 12.9. The molecule has 3 rings (SSSR count). The summed E-state index contributed by atoms with van der Waals surface area (Å²) in [7, 11) is 1.78. The molecule has 1 heterocycles. The van der Waals surface area contributed by atoms with Crippen LogP contribution < -0.4 is 10.6 Å². The average molecular weight is 456 g/mol. The maximum Gasteiger partial charge on any atom is 0.254 e. The van der Waals surface area contributed by atoms with Gasteiger partial charge >= 0.3 is 0 Å². The van der Waals surface area contributed by atoms with E-state index in [0.29, 0.717) is 11.0 Å². The first kappa shape index (κ1) is 23.5. The second kappa shape index (κ2) is 10.4. The van der Waals surface area contributed by atoms with Crippen molar-refractivity contribution in [3.63, 3.8) is 0 Å². The van der Waals surface area contributed by atoms with Gasteiger partial charge in [0.2, 0.25) is 5.91 Å². The van der Waals surface area contributed by atoms with E-state index in [1.807, 2.05) is 45.0 Å². The van der Waals surface area contributed by atoms with E-state index in [2.05, 4.69) is 20.8 Å². The highest BCUT2D eigenvalue weighted by Gasteiger charge is 2.26. The van der Waals surface area contributed by atoms with Crippen molar-refractivity contribution in [1.82, 2.24) is 20.1 Å². The van der Waals surface area contributed by atoms with Crippen LogP contribution >= 0.6 is 11.8 Å². The Balaban J connectivity index is 1.68. The van der Waals surface area contributed by atoms with E-state index >= 15 is 0 Å². The van der Waals surface area contributed by atoms with Crippen LogP contribution in [0.3, 0.4) is 0 Å². The summed E-state index contributed by atoms with van der Waals surface area (Å²) >= 11 is 1.25. The highest BCUT2D eigenvalue weighted by Crippen LogP contribution is 2.25. The van der Waals surface area contributed by atoms with Gasteiger partial charge in [0.15, 0.2) is 11.0 Å². The smallest absolute Gasteiger partial charge is 0.254 e. The van der Waals surface area contributed by atoms with E-state index in [4.69, 9.17) is 0 Å². The number of halogens is 1. The second-order valence-corrected chi connectivity index (χ2v) is 8.67. The molecule has 7 nitrogen and oxygen atoms in total. The first-order valence-corrected chi connectivity index (χ1v) is 11.2. The fourth-order valence-electron chi connectivity index (χ4n) is 3.15. The van der Waals surface area contributed by atoms with Crippen molar-refractivity contribution in [3.05, 3.63) is 71.3 Å². The summed E-state index contributed by atoms with van der Waals surface area (Å²) in [5.41, 5.74) is 1.73. The van der Waals surface area contributed by atoms with E-state index < -0.39 is 17.8 Å². The highest BCUT2D eigenvalue weighted by atomic mass is 32.2. The van der Waals surface area contributed by atoms with Crippen LogP contribution in [0.15, 0.2) is 53.7 Å². The van der Waals surface area contributed by atoms with Gasteiger partial charge < -0.3 is 15.2 Å². The molecule has 0 fully saturated rings. The number of aromatic nitrogens is 3. The molecule has 1 atom stereocenters. The number of benzene rings is 2. The molecule has 0 bridgehead atoms. The van der Waals surface area contributed by atoms with Crippen LogP contribution in [0, 0.1) is 18.7 Å². The molecule has 168 valence electrons. The molecule has 9 heteroatoms. The Morgan fingerprint density at radius 2 is 1.78 bits per heavy atom. The number of nitrogens with one attached hydrogen (secondary N) is 2. The normalized spacial score (nSPS) is 11.9. The van der Waals surface area contributed by atoms with Gasteiger partial charge in [-0.3, -0.25) is 9.59 Å².